The second kappa shape index (κ2) is 18.1. The van der Waals surface area contributed by atoms with Crippen LogP contribution in [0.3, 0.4) is 0 Å². The van der Waals surface area contributed by atoms with Crippen LogP contribution in [0.1, 0.15) is 45.4 Å². The molecular formula is C23H48N2O9Si2. The highest BCUT2D eigenvalue weighted by Gasteiger charge is 2.37. The summed E-state index contributed by atoms with van der Waals surface area (Å²) in [6, 6.07) is 2.32. The van der Waals surface area contributed by atoms with E-state index in [0.29, 0.717) is 50.6 Å². The molecule has 11 nitrogen and oxygen atoms in total. The number of alkyl carbamates (subject to hydrolysis) is 2. The van der Waals surface area contributed by atoms with Gasteiger partial charge in [-0.15, -0.1) is 0 Å². The molecule has 0 aromatic heterocycles. The number of carbonyl (C=O) groups is 2. The molecule has 2 amide bonds. The van der Waals surface area contributed by atoms with Crippen LogP contribution in [0.25, 0.3) is 0 Å². The monoisotopic (exact) mass is 552 g/mol. The van der Waals surface area contributed by atoms with Gasteiger partial charge < -0.3 is 42.2 Å². The first-order valence-electron chi connectivity index (χ1n) is 12.9. The molecule has 1 fully saturated rings. The van der Waals surface area contributed by atoms with Gasteiger partial charge in [-0.1, -0.05) is 6.92 Å². The van der Waals surface area contributed by atoms with E-state index in [0.717, 1.165) is 44.2 Å². The minimum absolute atomic E-state index is 0.334. The molecule has 0 spiro atoms. The third-order valence-corrected chi connectivity index (χ3v) is 13.5. The van der Waals surface area contributed by atoms with Crippen molar-refractivity contribution in [2.45, 2.75) is 63.6 Å². The molecule has 0 aromatic rings. The number of hydrogen-bond donors (Lipinski definition) is 2. The molecule has 212 valence electrons. The third-order valence-electron chi connectivity index (χ3n) is 7.02. The molecule has 1 rings (SSSR count). The van der Waals surface area contributed by atoms with Gasteiger partial charge in [0.2, 0.25) is 0 Å². The van der Waals surface area contributed by atoms with E-state index >= 15 is 0 Å². The summed E-state index contributed by atoms with van der Waals surface area (Å²) in [6.45, 7) is 3.89. The second-order valence-corrected chi connectivity index (χ2v) is 16.0. The number of nitrogens with one attached hydrogen (secondary N) is 2. The highest BCUT2D eigenvalue weighted by Crippen LogP contribution is 2.29. The van der Waals surface area contributed by atoms with E-state index in [9.17, 15) is 9.59 Å². The van der Waals surface area contributed by atoms with Crippen molar-refractivity contribution < 1.29 is 41.2 Å². The normalized spacial score (nSPS) is 18.5. The number of carbonyl (C=O) groups excluding carboxylic acids is 2. The zero-order valence-electron chi connectivity index (χ0n) is 23.0. The first kappa shape index (κ1) is 32.8. The number of amides is 2. The topological polar surface area (TPSA) is 123 Å². The van der Waals surface area contributed by atoms with Crippen molar-refractivity contribution >= 4 is 29.6 Å². The molecule has 2 N–H and O–H groups in total. The van der Waals surface area contributed by atoms with Crippen LogP contribution >= 0.6 is 0 Å². The Hall–Kier alpha value is -1.23. The van der Waals surface area contributed by atoms with E-state index in [1.807, 2.05) is 0 Å². The molecule has 1 aliphatic rings. The Morgan fingerprint density at radius 1 is 0.694 bits per heavy atom. The van der Waals surface area contributed by atoms with Gasteiger partial charge in [-0.3, -0.25) is 0 Å². The van der Waals surface area contributed by atoms with Crippen molar-refractivity contribution in [1.29, 1.82) is 0 Å². The highest BCUT2D eigenvalue weighted by molar-refractivity contribution is 6.67. The maximum Gasteiger partial charge on any atom is 0.500 e. The standard InChI is InChI=1S/C23H48N2O9Si2/c1-7-35(28-2,29-3)16-8-14-24-22(26)33-18-20-10-12-21(13-11-20)19-34-23(27)25-15-9-17-36(30-4,31-5)32-6/h20-21H,7-19H2,1-6H3,(H,24,26)(H,25,27). The average Bonchev–Trinajstić information content (AvgIpc) is 2.92. The van der Waals surface area contributed by atoms with E-state index in [1.165, 1.54) is 0 Å². The second-order valence-electron chi connectivity index (χ2n) is 9.11. The maximum atomic E-state index is 12.0. The lowest BCUT2D eigenvalue weighted by atomic mass is 9.83. The van der Waals surface area contributed by atoms with Gasteiger partial charge in [-0.2, -0.15) is 0 Å². The van der Waals surface area contributed by atoms with Crippen LogP contribution in [0, 0.1) is 11.8 Å². The SMILES string of the molecule is CC[Si](CCCNC(=O)OCC1CCC(COC(=O)NCCC[Si](OC)(OC)OC)CC1)(OC)OC. The van der Waals surface area contributed by atoms with Gasteiger partial charge in [0.25, 0.3) is 0 Å². The predicted molar refractivity (Wildman–Crippen MR) is 140 cm³/mol. The van der Waals surface area contributed by atoms with Crippen LogP contribution in [0.4, 0.5) is 9.59 Å². The summed E-state index contributed by atoms with van der Waals surface area (Å²) in [4.78, 5) is 24.0. The third kappa shape index (κ3) is 11.9. The lowest BCUT2D eigenvalue weighted by molar-refractivity contribution is 0.0855. The van der Waals surface area contributed by atoms with Crippen LogP contribution in [0.15, 0.2) is 0 Å². The van der Waals surface area contributed by atoms with Crippen molar-refractivity contribution in [2.75, 3.05) is 61.9 Å². The maximum absolute atomic E-state index is 12.0. The minimum atomic E-state index is -2.61. The van der Waals surface area contributed by atoms with E-state index in [-0.39, 0.29) is 6.09 Å². The molecule has 0 radical (unpaired) electrons. The van der Waals surface area contributed by atoms with E-state index in [1.54, 1.807) is 35.5 Å². The smallest absolute Gasteiger partial charge is 0.449 e. The zero-order chi connectivity index (χ0) is 26.9. The van der Waals surface area contributed by atoms with Gasteiger partial charge in [-0.05, 0) is 62.4 Å². The van der Waals surface area contributed by atoms with Crippen molar-refractivity contribution in [3.05, 3.63) is 0 Å². The molecule has 0 unspecified atom stereocenters. The van der Waals surface area contributed by atoms with Crippen LogP contribution < -0.4 is 10.6 Å². The summed E-state index contributed by atoms with van der Waals surface area (Å²) in [5, 5.41) is 5.58. The highest BCUT2D eigenvalue weighted by atomic mass is 28.4. The van der Waals surface area contributed by atoms with Gasteiger partial charge >= 0.3 is 29.6 Å². The summed E-state index contributed by atoms with van der Waals surface area (Å²) in [6.07, 6.45) is 4.49. The van der Waals surface area contributed by atoms with Gasteiger partial charge in [0.1, 0.15) is 0 Å². The fourth-order valence-electron chi connectivity index (χ4n) is 4.41. The predicted octanol–water partition coefficient (Wildman–Crippen LogP) is 3.66. The Bertz CT molecular complexity index is 546. The van der Waals surface area contributed by atoms with E-state index < -0.39 is 23.5 Å². The molecule has 0 bridgehead atoms. The average molecular weight is 553 g/mol. The molecule has 13 heteroatoms. The fraction of sp³-hybridized carbons (Fsp3) is 0.913. The molecule has 1 saturated carbocycles. The van der Waals surface area contributed by atoms with Crippen molar-refractivity contribution in [1.82, 2.24) is 10.6 Å². The first-order chi connectivity index (χ1) is 17.3. The summed E-state index contributed by atoms with van der Waals surface area (Å²) in [5.41, 5.74) is 0. The lowest BCUT2D eigenvalue weighted by Gasteiger charge is -2.28. The number of rotatable bonds is 18. The zero-order valence-corrected chi connectivity index (χ0v) is 25.0. The molecule has 1 aliphatic carbocycles. The van der Waals surface area contributed by atoms with Crippen LogP contribution in [-0.4, -0.2) is 91.4 Å². The summed E-state index contributed by atoms with van der Waals surface area (Å²) in [5.74, 6) is 0.677. The van der Waals surface area contributed by atoms with Gasteiger partial charge in [0.15, 0.2) is 0 Å². The molecular weight excluding hydrogens is 504 g/mol. The molecule has 0 aromatic carbocycles. The Balaban J connectivity index is 2.12. The number of ether oxygens (including phenoxy) is 2. The van der Waals surface area contributed by atoms with Gasteiger partial charge in [-0.25, -0.2) is 9.59 Å². The lowest BCUT2D eigenvalue weighted by Crippen LogP contribution is -2.43. The van der Waals surface area contributed by atoms with Gasteiger partial charge in [0, 0.05) is 54.7 Å². The molecule has 0 aliphatic heterocycles. The van der Waals surface area contributed by atoms with E-state index in [2.05, 4.69) is 17.6 Å². The Morgan fingerprint density at radius 3 is 1.47 bits per heavy atom. The quantitative estimate of drug-likeness (QED) is 0.194. The summed E-state index contributed by atoms with van der Waals surface area (Å²) >= 11 is 0. The molecule has 0 saturated heterocycles. The molecule has 36 heavy (non-hydrogen) atoms. The number of hydrogen-bond acceptors (Lipinski definition) is 9. The van der Waals surface area contributed by atoms with Gasteiger partial charge in [0.05, 0.1) is 13.2 Å². The Kier molecular flexibility index (Phi) is 16.5. The van der Waals surface area contributed by atoms with Crippen LogP contribution in [-0.2, 0) is 31.6 Å². The fourth-order valence-corrected chi connectivity index (χ4v) is 8.35. The largest absolute Gasteiger partial charge is 0.500 e. The van der Waals surface area contributed by atoms with Crippen molar-refractivity contribution in [2.24, 2.45) is 11.8 Å². The van der Waals surface area contributed by atoms with Crippen LogP contribution in [0.5, 0.6) is 0 Å². The first-order valence-corrected chi connectivity index (χ1v) is 17.0. The summed E-state index contributed by atoms with van der Waals surface area (Å²) in [7, 11) is 3.37. The van der Waals surface area contributed by atoms with Crippen molar-refractivity contribution in [3.8, 4) is 0 Å². The van der Waals surface area contributed by atoms with Crippen LogP contribution in [0.2, 0.25) is 18.1 Å². The molecule has 0 heterocycles. The van der Waals surface area contributed by atoms with E-state index in [4.69, 9.17) is 31.6 Å². The Morgan fingerprint density at radius 2 is 1.11 bits per heavy atom. The summed E-state index contributed by atoms with van der Waals surface area (Å²) < 4.78 is 38.1. The van der Waals surface area contributed by atoms with Crippen molar-refractivity contribution in [3.63, 3.8) is 0 Å². The molecule has 0 atom stereocenters. The minimum Gasteiger partial charge on any atom is -0.449 e. The Labute approximate surface area is 218 Å².